The number of nitrogens with two attached hydrogens (primary N) is 1. The molecule has 0 heterocycles. The maximum absolute atomic E-state index is 6.13. The van der Waals surface area contributed by atoms with Crippen LogP contribution in [0.25, 0.3) is 0 Å². The van der Waals surface area contributed by atoms with Crippen molar-refractivity contribution in [1.82, 2.24) is 0 Å². The van der Waals surface area contributed by atoms with Crippen molar-refractivity contribution in [2.75, 3.05) is 0 Å². The standard InChI is InChI=1S/C13H11BrClNS/c14-10-4-1-2-6-13(10)17-12-7-3-5-11(15)9(12)8-16/h1-7H,8,16H2. The van der Waals surface area contributed by atoms with Gasteiger partial charge < -0.3 is 5.73 Å². The van der Waals surface area contributed by atoms with Crippen LogP contribution in [0.1, 0.15) is 5.56 Å². The summed E-state index contributed by atoms with van der Waals surface area (Å²) in [6.07, 6.45) is 0. The molecule has 0 spiro atoms. The van der Waals surface area contributed by atoms with Crippen molar-refractivity contribution in [3.05, 3.63) is 57.5 Å². The zero-order valence-electron chi connectivity index (χ0n) is 8.99. The smallest absolute Gasteiger partial charge is 0.0462 e. The van der Waals surface area contributed by atoms with Gasteiger partial charge in [0.15, 0.2) is 0 Å². The maximum atomic E-state index is 6.13. The lowest BCUT2D eigenvalue weighted by molar-refractivity contribution is 1.03. The second-order valence-corrected chi connectivity index (χ2v) is 5.80. The van der Waals surface area contributed by atoms with E-state index in [1.807, 2.05) is 36.4 Å². The van der Waals surface area contributed by atoms with Crippen molar-refractivity contribution in [3.8, 4) is 0 Å². The highest BCUT2D eigenvalue weighted by Gasteiger charge is 2.08. The van der Waals surface area contributed by atoms with Crippen molar-refractivity contribution in [1.29, 1.82) is 0 Å². The minimum atomic E-state index is 0.451. The van der Waals surface area contributed by atoms with Gasteiger partial charge in [0.25, 0.3) is 0 Å². The van der Waals surface area contributed by atoms with E-state index < -0.39 is 0 Å². The Morgan fingerprint density at radius 3 is 2.47 bits per heavy atom. The number of hydrogen-bond acceptors (Lipinski definition) is 2. The van der Waals surface area contributed by atoms with Gasteiger partial charge >= 0.3 is 0 Å². The van der Waals surface area contributed by atoms with Crippen LogP contribution in [0, 0.1) is 0 Å². The highest BCUT2D eigenvalue weighted by Crippen LogP contribution is 2.36. The number of hydrogen-bond donors (Lipinski definition) is 1. The van der Waals surface area contributed by atoms with Gasteiger partial charge in [0.05, 0.1) is 0 Å². The normalized spacial score (nSPS) is 10.5. The van der Waals surface area contributed by atoms with Crippen LogP contribution < -0.4 is 5.73 Å². The van der Waals surface area contributed by atoms with Gasteiger partial charge in [-0.2, -0.15) is 0 Å². The van der Waals surface area contributed by atoms with E-state index in [1.54, 1.807) is 11.8 Å². The summed E-state index contributed by atoms with van der Waals surface area (Å²) in [7, 11) is 0. The molecule has 2 aromatic rings. The van der Waals surface area contributed by atoms with Crippen LogP contribution in [-0.2, 0) is 6.54 Å². The molecule has 0 unspecified atom stereocenters. The fraction of sp³-hybridized carbons (Fsp3) is 0.0769. The van der Waals surface area contributed by atoms with E-state index in [0.29, 0.717) is 6.54 Å². The van der Waals surface area contributed by atoms with Gasteiger partial charge in [0.2, 0.25) is 0 Å². The molecule has 0 aliphatic rings. The molecule has 0 radical (unpaired) electrons. The summed E-state index contributed by atoms with van der Waals surface area (Å²) in [6, 6.07) is 14.0. The van der Waals surface area contributed by atoms with Crippen molar-refractivity contribution < 1.29 is 0 Å². The average molecular weight is 329 g/mol. The predicted molar refractivity (Wildman–Crippen MR) is 77.6 cm³/mol. The Balaban J connectivity index is 2.37. The molecule has 0 aromatic heterocycles. The van der Waals surface area contributed by atoms with Gasteiger partial charge in [-0.25, -0.2) is 0 Å². The molecule has 0 fully saturated rings. The van der Waals surface area contributed by atoms with Gasteiger partial charge in [0, 0.05) is 25.8 Å². The third kappa shape index (κ3) is 3.05. The lowest BCUT2D eigenvalue weighted by atomic mass is 10.2. The summed E-state index contributed by atoms with van der Waals surface area (Å²) in [4.78, 5) is 2.26. The number of rotatable bonds is 3. The molecule has 88 valence electrons. The SMILES string of the molecule is NCc1c(Cl)cccc1Sc1ccccc1Br. The molecule has 0 atom stereocenters. The largest absolute Gasteiger partial charge is 0.326 e. The van der Waals surface area contributed by atoms with Crippen molar-refractivity contribution in [3.63, 3.8) is 0 Å². The van der Waals surface area contributed by atoms with E-state index in [1.165, 1.54) is 0 Å². The summed E-state index contributed by atoms with van der Waals surface area (Å²) < 4.78 is 1.08. The molecule has 0 aliphatic carbocycles. The highest BCUT2D eigenvalue weighted by molar-refractivity contribution is 9.10. The zero-order valence-corrected chi connectivity index (χ0v) is 12.1. The molecular formula is C13H11BrClNS. The minimum Gasteiger partial charge on any atom is -0.326 e. The minimum absolute atomic E-state index is 0.451. The Morgan fingerprint density at radius 2 is 1.76 bits per heavy atom. The quantitative estimate of drug-likeness (QED) is 0.883. The molecule has 4 heteroatoms. The lowest BCUT2D eigenvalue weighted by Gasteiger charge is -2.10. The van der Waals surface area contributed by atoms with E-state index in [0.717, 1.165) is 24.8 Å². The summed E-state index contributed by atoms with van der Waals surface area (Å²) in [5.41, 5.74) is 6.73. The third-order valence-electron chi connectivity index (χ3n) is 2.34. The van der Waals surface area contributed by atoms with Gasteiger partial charge in [0.1, 0.15) is 0 Å². The fourth-order valence-corrected chi connectivity index (χ4v) is 3.33. The second-order valence-electron chi connectivity index (χ2n) is 3.45. The fourth-order valence-electron chi connectivity index (χ4n) is 1.48. The van der Waals surface area contributed by atoms with E-state index >= 15 is 0 Å². The first-order valence-electron chi connectivity index (χ1n) is 5.12. The van der Waals surface area contributed by atoms with Crippen LogP contribution in [0.4, 0.5) is 0 Å². The zero-order chi connectivity index (χ0) is 12.3. The Morgan fingerprint density at radius 1 is 1.06 bits per heavy atom. The second kappa shape index (κ2) is 5.91. The van der Waals surface area contributed by atoms with Crippen LogP contribution >= 0.6 is 39.3 Å². The monoisotopic (exact) mass is 327 g/mol. The summed E-state index contributed by atoms with van der Waals surface area (Å²) in [5.74, 6) is 0. The molecule has 0 saturated heterocycles. The third-order valence-corrected chi connectivity index (χ3v) is 4.82. The van der Waals surface area contributed by atoms with Gasteiger partial charge in [-0.05, 0) is 45.8 Å². The molecule has 0 saturated carbocycles. The molecule has 0 aliphatic heterocycles. The lowest BCUT2D eigenvalue weighted by Crippen LogP contribution is -1.99. The summed E-state index contributed by atoms with van der Waals surface area (Å²) in [6.45, 7) is 0.451. The van der Waals surface area contributed by atoms with Crippen molar-refractivity contribution >= 4 is 39.3 Å². The van der Waals surface area contributed by atoms with E-state index in [9.17, 15) is 0 Å². The van der Waals surface area contributed by atoms with Gasteiger partial charge in [-0.1, -0.05) is 41.6 Å². The molecule has 0 bridgehead atoms. The molecule has 17 heavy (non-hydrogen) atoms. The van der Waals surface area contributed by atoms with E-state index in [2.05, 4.69) is 22.0 Å². The van der Waals surface area contributed by atoms with Crippen LogP contribution in [0.5, 0.6) is 0 Å². The Labute approximate surface area is 118 Å². The Bertz CT molecular complexity index is 531. The van der Waals surface area contributed by atoms with Gasteiger partial charge in [-0.15, -0.1) is 0 Å². The Hall–Kier alpha value is -0.480. The molecule has 2 N–H and O–H groups in total. The van der Waals surface area contributed by atoms with Crippen LogP contribution in [0.3, 0.4) is 0 Å². The molecule has 0 amide bonds. The molecule has 2 rings (SSSR count). The van der Waals surface area contributed by atoms with Crippen molar-refractivity contribution in [2.24, 2.45) is 5.73 Å². The van der Waals surface area contributed by atoms with Crippen LogP contribution in [0.15, 0.2) is 56.7 Å². The predicted octanol–water partition coefficient (Wildman–Crippen LogP) is 4.71. The molecule has 1 nitrogen and oxygen atoms in total. The summed E-state index contributed by atoms with van der Waals surface area (Å²) >= 11 is 11.3. The van der Waals surface area contributed by atoms with Crippen molar-refractivity contribution in [2.45, 2.75) is 16.3 Å². The first-order chi connectivity index (χ1) is 8.22. The van der Waals surface area contributed by atoms with Crippen LogP contribution in [-0.4, -0.2) is 0 Å². The van der Waals surface area contributed by atoms with Crippen LogP contribution in [0.2, 0.25) is 5.02 Å². The van der Waals surface area contributed by atoms with Gasteiger partial charge in [-0.3, -0.25) is 0 Å². The first-order valence-corrected chi connectivity index (χ1v) is 7.11. The highest BCUT2D eigenvalue weighted by atomic mass is 79.9. The number of halogens is 2. The topological polar surface area (TPSA) is 26.0 Å². The van der Waals surface area contributed by atoms with E-state index in [4.69, 9.17) is 17.3 Å². The molecule has 2 aromatic carbocycles. The Kier molecular flexibility index (Phi) is 4.51. The maximum Gasteiger partial charge on any atom is 0.0462 e. The number of benzene rings is 2. The first kappa shape index (κ1) is 13.0. The molecular weight excluding hydrogens is 318 g/mol. The van der Waals surface area contributed by atoms with E-state index in [-0.39, 0.29) is 0 Å². The summed E-state index contributed by atoms with van der Waals surface area (Å²) in [5, 5.41) is 0.726. The average Bonchev–Trinajstić information content (AvgIpc) is 2.32.